The smallest absolute Gasteiger partial charge is 0.0235 e. The van der Waals surface area contributed by atoms with Crippen LogP contribution in [0.15, 0.2) is 0 Å². The average Bonchev–Trinajstić information content (AvgIpc) is 2.14. The van der Waals surface area contributed by atoms with E-state index in [0.717, 1.165) is 8.88 Å². The van der Waals surface area contributed by atoms with E-state index in [-0.39, 0.29) is 7.92 Å². The Kier molecular flexibility index (Phi) is 6.48. The second-order valence-electron chi connectivity index (χ2n) is 3.89. The third-order valence-electron chi connectivity index (χ3n) is 2.52. The van der Waals surface area contributed by atoms with Crippen LogP contribution < -0.4 is 5.32 Å². The largest absolute Gasteiger partial charge is 0.319 e. The van der Waals surface area contributed by atoms with Gasteiger partial charge >= 0.3 is 0 Å². The van der Waals surface area contributed by atoms with Gasteiger partial charge in [0, 0.05) is 22.0 Å². The molecule has 1 N–H and O–H groups in total. The number of hydrogen-bond donors (Lipinski definition) is 1. The van der Waals surface area contributed by atoms with Crippen LogP contribution in [0.25, 0.3) is 0 Å². The quantitative estimate of drug-likeness (QED) is 0.738. The Labute approximate surface area is 91.2 Å². The topological polar surface area (TPSA) is 18.5 Å². The maximum atomic E-state index is 3.26. The van der Waals surface area contributed by atoms with Gasteiger partial charge in [0.2, 0.25) is 0 Å². The first kappa shape index (κ1) is 12.8. The zero-order chi connectivity index (χ0) is 10.4. The van der Waals surface area contributed by atoms with Crippen LogP contribution in [-0.2, 0) is 0 Å². The highest BCUT2D eigenvalue weighted by Crippen LogP contribution is 2.38. The maximum Gasteiger partial charge on any atom is 0.0235 e. The normalized spacial score (nSPS) is 28.9. The van der Waals surface area contributed by atoms with E-state index in [1.165, 1.54) is 38.1 Å². The Morgan fingerprint density at radius 2 is 1.79 bits per heavy atom. The van der Waals surface area contributed by atoms with Crippen LogP contribution in [0.2, 0.25) is 0 Å². The lowest BCUT2D eigenvalue weighted by molar-refractivity contribution is 0.504. The van der Waals surface area contributed by atoms with Crippen LogP contribution in [0.1, 0.15) is 0 Å². The van der Waals surface area contributed by atoms with Gasteiger partial charge in [-0.3, -0.25) is 9.34 Å². The van der Waals surface area contributed by atoms with Crippen molar-refractivity contribution in [1.82, 2.24) is 14.7 Å². The van der Waals surface area contributed by atoms with Gasteiger partial charge in [0.15, 0.2) is 0 Å². The van der Waals surface area contributed by atoms with E-state index in [1.807, 2.05) is 0 Å². The molecule has 3 nitrogen and oxygen atoms in total. The summed E-state index contributed by atoms with van der Waals surface area (Å²) in [6, 6.07) is 0. The van der Waals surface area contributed by atoms with E-state index >= 15 is 0 Å². The first-order valence-corrected chi connectivity index (χ1v) is 8.07. The third-order valence-corrected chi connectivity index (χ3v) is 6.17. The third kappa shape index (κ3) is 5.00. The SMILES string of the molecule is CNCCP1CCN(C)PN(C)CC1. The van der Waals surface area contributed by atoms with Gasteiger partial charge in [-0.2, -0.15) is 0 Å². The zero-order valence-electron chi connectivity index (χ0n) is 9.58. The van der Waals surface area contributed by atoms with Gasteiger partial charge in [-0.1, -0.05) is 0 Å². The zero-order valence-corrected chi connectivity index (χ0v) is 11.5. The first-order chi connectivity index (χ1) is 6.72. The standard InChI is InChI=1S/C9H23N3P2/c1-10-4-7-14-8-5-11(2)13-12(3)6-9-14/h10,13H,4-9H2,1-3H3. The minimum Gasteiger partial charge on any atom is -0.319 e. The van der Waals surface area contributed by atoms with Gasteiger partial charge in [-0.15, -0.1) is 7.92 Å². The summed E-state index contributed by atoms with van der Waals surface area (Å²) in [6.45, 7) is 3.78. The molecule has 0 amide bonds. The number of rotatable bonds is 3. The summed E-state index contributed by atoms with van der Waals surface area (Å²) in [5.74, 6) is 0. The predicted octanol–water partition coefficient (Wildman–Crippen LogP) is 1.07. The number of nitrogens with zero attached hydrogens (tertiary/aromatic N) is 2. The lowest BCUT2D eigenvalue weighted by Crippen LogP contribution is -2.26. The average molecular weight is 235 g/mol. The van der Waals surface area contributed by atoms with E-state index in [2.05, 4.69) is 35.8 Å². The van der Waals surface area contributed by atoms with Gasteiger partial charge in [0.1, 0.15) is 0 Å². The molecule has 1 aliphatic heterocycles. The molecule has 1 rings (SSSR count). The first-order valence-electron chi connectivity index (χ1n) is 5.28. The molecule has 84 valence electrons. The Morgan fingerprint density at radius 3 is 2.29 bits per heavy atom. The molecule has 0 aliphatic carbocycles. The molecule has 0 aromatic rings. The van der Waals surface area contributed by atoms with E-state index in [4.69, 9.17) is 0 Å². The minimum absolute atomic E-state index is 0.284. The van der Waals surface area contributed by atoms with Gasteiger partial charge < -0.3 is 5.32 Å². The van der Waals surface area contributed by atoms with E-state index < -0.39 is 0 Å². The van der Waals surface area contributed by atoms with Gasteiger partial charge in [0.05, 0.1) is 0 Å². The minimum atomic E-state index is 0.284. The summed E-state index contributed by atoms with van der Waals surface area (Å²) in [6.07, 6.45) is 4.28. The summed E-state index contributed by atoms with van der Waals surface area (Å²) in [5, 5.41) is 3.26. The molecular formula is C9H23N3P2. The van der Waals surface area contributed by atoms with Gasteiger partial charge in [-0.25, -0.2) is 0 Å². The molecule has 1 aliphatic rings. The fourth-order valence-electron chi connectivity index (χ4n) is 1.58. The summed E-state index contributed by atoms with van der Waals surface area (Å²) >= 11 is 0. The second kappa shape index (κ2) is 7.09. The van der Waals surface area contributed by atoms with Crippen LogP contribution in [0.4, 0.5) is 0 Å². The number of nitrogens with one attached hydrogen (secondary N) is 1. The molecule has 0 saturated carbocycles. The molecular weight excluding hydrogens is 212 g/mol. The highest BCUT2D eigenvalue weighted by Gasteiger charge is 2.14. The van der Waals surface area contributed by atoms with Crippen molar-refractivity contribution in [2.45, 2.75) is 0 Å². The molecule has 1 heterocycles. The Hall–Kier alpha value is 0.740. The Morgan fingerprint density at radius 1 is 1.21 bits per heavy atom. The fourth-order valence-corrected chi connectivity index (χ4v) is 5.34. The lowest BCUT2D eigenvalue weighted by Gasteiger charge is -2.31. The highest BCUT2D eigenvalue weighted by atomic mass is 31.1. The molecule has 14 heavy (non-hydrogen) atoms. The summed E-state index contributed by atoms with van der Waals surface area (Å²) in [7, 11) is 7.71. The Bertz CT molecular complexity index is 145. The van der Waals surface area contributed by atoms with Gasteiger partial charge in [-0.05, 0) is 46.2 Å². The van der Waals surface area contributed by atoms with Crippen molar-refractivity contribution < 1.29 is 0 Å². The highest BCUT2D eigenvalue weighted by molar-refractivity contribution is 7.57. The summed E-state index contributed by atoms with van der Waals surface area (Å²) < 4.78 is 4.93. The van der Waals surface area contributed by atoms with Crippen molar-refractivity contribution in [1.29, 1.82) is 0 Å². The van der Waals surface area contributed by atoms with Crippen molar-refractivity contribution >= 4 is 16.8 Å². The fraction of sp³-hybridized carbons (Fsp3) is 1.00. The lowest BCUT2D eigenvalue weighted by atomic mass is 10.7. The van der Waals surface area contributed by atoms with Crippen molar-refractivity contribution in [3.63, 3.8) is 0 Å². The molecule has 0 atom stereocenters. The van der Waals surface area contributed by atoms with Crippen LogP contribution in [0.3, 0.4) is 0 Å². The second-order valence-corrected chi connectivity index (χ2v) is 8.30. The monoisotopic (exact) mass is 235 g/mol. The van der Waals surface area contributed by atoms with Crippen LogP contribution in [0, 0.1) is 0 Å². The molecule has 1 saturated heterocycles. The van der Waals surface area contributed by atoms with E-state index in [9.17, 15) is 0 Å². The molecule has 0 aromatic heterocycles. The Balaban J connectivity index is 2.29. The molecule has 0 unspecified atom stereocenters. The molecule has 0 aromatic carbocycles. The summed E-state index contributed by atoms with van der Waals surface area (Å²) in [5.41, 5.74) is 0. The number of hydrogen-bond acceptors (Lipinski definition) is 3. The molecule has 1 fully saturated rings. The molecule has 0 spiro atoms. The molecule has 5 heteroatoms. The van der Waals surface area contributed by atoms with Crippen molar-refractivity contribution in [3.05, 3.63) is 0 Å². The summed E-state index contributed by atoms with van der Waals surface area (Å²) in [4.78, 5) is 0. The van der Waals surface area contributed by atoms with Crippen molar-refractivity contribution in [3.8, 4) is 0 Å². The van der Waals surface area contributed by atoms with E-state index in [1.54, 1.807) is 0 Å². The molecule has 0 bridgehead atoms. The van der Waals surface area contributed by atoms with E-state index in [0.29, 0.717) is 0 Å². The van der Waals surface area contributed by atoms with Crippen LogP contribution in [-0.4, -0.2) is 68.6 Å². The predicted molar refractivity (Wildman–Crippen MR) is 69.0 cm³/mol. The van der Waals surface area contributed by atoms with Crippen LogP contribution >= 0.6 is 16.8 Å². The van der Waals surface area contributed by atoms with Gasteiger partial charge in [0.25, 0.3) is 0 Å². The van der Waals surface area contributed by atoms with Crippen molar-refractivity contribution in [2.24, 2.45) is 0 Å². The maximum absolute atomic E-state index is 3.26. The van der Waals surface area contributed by atoms with Crippen LogP contribution in [0.5, 0.6) is 0 Å². The van der Waals surface area contributed by atoms with Crippen molar-refractivity contribution in [2.75, 3.05) is 59.3 Å². The molecule has 0 radical (unpaired) electrons.